The third-order valence-corrected chi connectivity index (χ3v) is 4.93. The molecule has 1 aliphatic heterocycles. The second-order valence-corrected chi connectivity index (χ2v) is 6.98. The Morgan fingerprint density at radius 1 is 1.24 bits per heavy atom. The van der Waals surface area contributed by atoms with E-state index in [2.05, 4.69) is 29.8 Å². The molecule has 0 saturated heterocycles. The largest absolute Gasteiger partial charge is 0.492 e. The van der Waals surface area contributed by atoms with Crippen LogP contribution in [-0.2, 0) is 5.41 Å². The molecule has 2 aromatic carbocycles. The lowest BCUT2D eigenvalue weighted by Crippen LogP contribution is -2.18. The molecule has 0 saturated carbocycles. The van der Waals surface area contributed by atoms with Gasteiger partial charge in [-0.25, -0.2) is 0 Å². The zero-order valence-electron chi connectivity index (χ0n) is 12.4. The summed E-state index contributed by atoms with van der Waals surface area (Å²) in [4.78, 5) is 12.8. The molecule has 0 aromatic heterocycles. The van der Waals surface area contributed by atoms with E-state index in [-0.39, 0.29) is 11.2 Å². The first-order valence-electron chi connectivity index (χ1n) is 6.97. The lowest BCUT2D eigenvalue weighted by Gasteiger charge is -2.16. The van der Waals surface area contributed by atoms with Gasteiger partial charge < -0.3 is 4.74 Å². The van der Waals surface area contributed by atoms with E-state index in [0.29, 0.717) is 12.2 Å². The fourth-order valence-electron chi connectivity index (χ4n) is 2.67. The smallest absolute Gasteiger partial charge is 0.193 e. The number of hydrogen-bond acceptors (Lipinski definition) is 2. The van der Waals surface area contributed by atoms with Crippen LogP contribution in [0.15, 0.2) is 40.9 Å². The van der Waals surface area contributed by atoms with Crippen LogP contribution >= 0.6 is 15.9 Å². The summed E-state index contributed by atoms with van der Waals surface area (Å²) in [6.07, 6.45) is 0. The quantitative estimate of drug-likeness (QED) is 0.740. The van der Waals surface area contributed by atoms with Gasteiger partial charge in [0.1, 0.15) is 5.75 Å². The monoisotopic (exact) mass is 344 g/mol. The summed E-state index contributed by atoms with van der Waals surface area (Å²) in [5.74, 6) is 0.946. The lowest BCUT2D eigenvalue weighted by molar-refractivity contribution is 0.103. The van der Waals surface area contributed by atoms with Gasteiger partial charge in [0.15, 0.2) is 5.78 Å². The Morgan fingerprint density at radius 2 is 2.00 bits per heavy atom. The second-order valence-electron chi connectivity index (χ2n) is 6.13. The van der Waals surface area contributed by atoms with Crippen LogP contribution in [-0.4, -0.2) is 12.4 Å². The maximum absolute atomic E-state index is 12.8. The van der Waals surface area contributed by atoms with E-state index in [9.17, 15) is 4.79 Å². The number of ketones is 1. The topological polar surface area (TPSA) is 26.3 Å². The van der Waals surface area contributed by atoms with Crippen molar-refractivity contribution >= 4 is 21.7 Å². The average molecular weight is 345 g/mol. The van der Waals surface area contributed by atoms with E-state index >= 15 is 0 Å². The first-order chi connectivity index (χ1) is 9.90. The molecule has 108 valence electrons. The highest BCUT2D eigenvalue weighted by atomic mass is 79.9. The molecule has 0 fully saturated rings. The van der Waals surface area contributed by atoms with Crippen molar-refractivity contribution in [3.8, 4) is 5.75 Å². The van der Waals surface area contributed by atoms with Crippen LogP contribution in [0.25, 0.3) is 0 Å². The predicted octanol–water partition coefficient (Wildman–Crippen LogP) is 4.66. The lowest BCUT2D eigenvalue weighted by atomic mass is 9.85. The summed E-state index contributed by atoms with van der Waals surface area (Å²) in [6, 6.07) is 11.5. The Balaban J connectivity index is 2.06. The van der Waals surface area contributed by atoms with E-state index in [1.165, 1.54) is 0 Å². The van der Waals surface area contributed by atoms with Gasteiger partial charge in [-0.1, -0.05) is 41.9 Å². The number of benzene rings is 2. The van der Waals surface area contributed by atoms with Gasteiger partial charge in [-0.15, -0.1) is 0 Å². The standard InChI is InChI=1S/C18H17BrO2/c1-11-13(5-4-6-15(11)19)17(20)12-7-8-16-14(9-12)18(2,3)10-21-16/h4-9H,10H2,1-3H3. The van der Waals surface area contributed by atoms with Crippen LogP contribution in [0.3, 0.4) is 0 Å². The molecule has 0 aliphatic carbocycles. The minimum atomic E-state index is -0.0437. The Labute approximate surface area is 133 Å². The summed E-state index contributed by atoms with van der Waals surface area (Å²) >= 11 is 3.48. The number of rotatable bonds is 2. The molecule has 1 aliphatic rings. The normalized spacial score (nSPS) is 15.4. The van der Waals surface area contributed by atoms with Crippen LogP contribution in [0.4, 0.5) is 0 Å². The number of hydrogen-bond donors (Lipinski definition) is 0. The number of halogens is 1. The van der Waals surface area contributed by atoms with Crippen LogP contribution < -0.4 is 4.74 Å². The van der Waals surface area contributed by atoms with Gasteiger partial charge in [0, 0.05) is 26.6 Å². The van der Waals surface area contributed by atoms with Crippen molar-refractivity contribution in [1.29, 1.82) is 0 Å². The zero-order valence-corrected chi connectivity index (χ0v) is 14.0. The van der Waals surface area contributed by atoms with Gasteiger partial charge in [0.25, 0.3) is 0 Å². The number of carbonyl (C=O) groups excluding carboxylic acids is 1. The van der Waals surface area contributed by atoms with Gasteiger partial charge in [0.05, 0.1) is 6.61 Å². The predicted molar refractivity (Wildman–Crippen MR) is 87.3 cm³/mol. The van der Waals surface area contributed by atoms with E-state index in [1.54, 1.807) is 0 Å². The van der Waals surface area contributed by atoms with E-state index in [4.69, 9.17) is 4.74 Å². The number of carbonyl (C=O) groups is 1. The molecule has 21 heavy (non-hydrogen) atoms. The van der Waals surface area contributed by atoms with E-state index in [1.807, 2.05) is 43.3 Å². The van der Waals surface area contributed by atoms with Gasteiger partial charge in [-0.05, 0) is 36.8 Å². The second kappa shape index (κ2) is 4.99. The van der Waals surface area contributed by atoms with Gasteiger partial charge in [0.2, 0.25) is 0 Å². The molecule has 2 aromatic rings. The van der Waals surface area contributed by atoms with Crippen LogP contribution in [0.5, 0.6) is 5.75 Å². The minimum Gasteiger partial charge on any atom is -0.492 e. The number of ether oxygens (including phenoxy) is 1. The molecule has 3 rings (SSSR count). The molecule has 1 heterocycles. The Hall–Kier alpha value is -1.61. The highest BCUT2D eigenvalue weighted by molar-refractivity contribution is 9.10. The molecule has 3 heteroatoms. The summed E-state index contributed by atoms with van der Waals surface area (Å²) in [7, 11) is 0. The molecule has 0 spiro atoms. The Morgan fingerprint density at radius 3 is 2.76 bits per heavy atom. The minimum absolute atomic E-state index is 0.0437. The van der Waals surface area contributed by atoms with Crippen molar-refractivity contribution in [2.75, 3.05) is 6.61 Å². The van der Waals surface area contributed by atoms with Gasteiger partial charge >= 0.3 is 0 Å². The molecule has 0 atom stereocenters. The molecular formula is C18H17BrO2. The fraction of sp³-hybridized carbons (Fsp3) is 0.278. The molecule has 2 nitrogen and oxygen atoms in total. The Bertz CT molecular complexity index is 732. The van der Waals surface area contributed by atoms with Crippen molar-refractivity contribution in [2.24, 2.45) is 0 Å². The fourth-order valence-corrected chi connectivity index (χ4v) is 3.04. The van der Waals surface area contributed by atoms with Crippen molar-refractivity contribution in [2.45, 2.75) is 26.2 Å². The summed E-state index contributed by atoms with van der Waals surface area (Å²) in [5, 5.41) is 0. The first-order valence-corrected chi connectivity index (χ1v) is 7.76. The van der Waals surface area contributed by atoms with Crippen molar-refractivity contribution in [1.82, 2.24) is 0 Å². The van der Waals surface area contributed by atoms with Crippen molar-refractivity contribution in [3.63, 3.8) is 0 Å². The third kappa shape index (κ3) is 2.40. The summed E-state index contributed by atoms with van der Waals surface area (Å²) in [6.45, 7) is 6.89. The summed E-state index contributed by atoms with van der Waals surface area (Å²) in [5.41, 5.74) is 3.49. The molecule has 0 unspecified atom stereocenters. The molecule has 0 radical (unpaired) electrons. The molecule has 0 bridgehead atoms. The van der Waals surface area contributed by atoms with Crippen LogP contribution in [0.2, 0.25) is 0 Å². The molecule has 0 N–H and O–H groups in total. The van der Waals surface area contributed by atoms with E-state index in [0.717, 1.165) is 26.9 Å². The maximum atomic E-state index is 12.8. The van der Waals surface area contributed by atoms with Crippen molar-refractivity contribution < 1.29 is 9.53 Å². The third-order valence-electron chi connectivity index (χ3n) is 4.07. The van der Waals surface area contributed by atoms with E-state index < -0.39 is 0 Å². The molecule has 0 amide bonds. The SMILES string of the molecule is Cc1c(Br)cccc1C(=O)c1ccc2c(c1)C(C)(C)CO2. The van der Waals surface area contributed by atoms with Crippen molar-refractivity contribution in [3.05, 3.63) is 63.1 Å². The van der Waals surface area contributed by atoms with Crippen LogP contribution in [0, 0.1) is 6.92 Å². The zero-order chi connectivity index (χ0) is 15.2. The maximum Gasteiger partial charge on any atom is 0.193 e. The Kier molecular flexibility index (Phi) is 3.40. The van der Waals surface area contributed by atoms with Crippen LogP contribution in [0.1, 0.15) is 40.9 Å². The average Bonchev–Trinajstić information content (AvgIpc) is 2.76. The van der Waals surface area contributed by atoms with Gasteiger partial charge in [-0.3, -0.25) is 4.79 Å². The summed E-state index contributed by atoms with van der Waals surface area (Å²) < 4.78 is 6.63. The first kappa shape index (κ1) is 14.3. The number of fused-ring (bicyclic) bond motifs is 1. The highest BCUT2D eigenvalue weighted by Crippen LogP contribution is 2.39. The molecular weight excluding hydrogens is 328 g/mol. The highest BCUT2D eigenvalue weighted by Gasteiger charge is 2.32. The van der Waals surface area contributed by atoms with Gasteiger partial charge in [-0.2, -0.15) is 0 Å².